The van der Waals surface area contributed by atoms with Gasteiger partial charge in [0.1, 0.15) is 10.6 Å². The number of rotatable bonds is 3. The second kappa shape index (κ2) is 4.73. The van der Waals surface area contributed by atoms with Gasteiger partial charge in [0.15, 0.2) is 5.75 Å². The molecule has 0 aliphatic rings. The van der Waals surface area contributed by atoms with Crippen LogP contribution in [0.4, 0.5) is 5.69 Å². The van der Waals surface area contributed by atoms with Gasteiger partial charge in [-0.1, -0.05) is 0 Å². The molecule has 0 saturated heterocycles. The van der Waals surface area contributed by atoms with E-state index in [1.807, 2.05) is 0 Å². The Bertz CT molecular complexity index is 965. The van der Waals surface area contributed by atoms with Crippen molar-refractivity contribution in [2.75, 3.05) is 0 Å². The summed E-state index contributed by atoms with van der Waals surface area (Å²) in [6.45, 7) is 0. The molecule has 0 saturated carbocycles. The molecule has 0 aliphatic carbocycles. The highest BCUT2D eigenvalue weighted by atomic mass is 32.2. The van der Waals surface area contributed by atoms with Crippen LogP contribution in [-0.4, -0.2) is 31.0 Å². The first-order valence-electron chi connectivity index (χ1n) is 5.18. The molecule has 0 spiro atoms. The fourth-order valence-corrected chi connectivity index (χ4v) is 2.97. The topological polar surface area (TPSA) is 165 Å². The van der Waals surface area contributed by atoms with E-state index in [0.717, 1.165) is 24.3 Å². The van der Waals surface area contributed by atoms with Gasteiger partial charge in [0, 0.05) is 5.39 Å². The van der Waals surface area contributed by atoms with E-state index in [0.29, 0.717) is 0 Å². The third-order valence-corrected chi connectivity index (χ3v) is 4.43. The summed E-state index contributed by atoms with van der Waals surface area (Å²) in [6.07, 6.45) is 0. The predicted octanol–water partition coefficient (Wildman–Crippen LogP) is 1.70. The van der Waals surface area contributed by atoms with Crippen LogP contribution >= 0.6 is 0 Å². The zero-order valence-electron chi connectivity index (χ0n) is 10.0. The second-order valence-corrected chi connectivity index (χ2v) is 6.83. The quantitative estimate of drug-likeness (QED) is 0.490. The third kappa shape index (κ3) is 2.71. The summed E-state index contributed by atoms with van der Waals surface area (Å²) in [4.78, 5) is -1.37. The summed E-state index contributed by atoms with van der Waals surface area (Å²) in [5.41, 5.74) is 6.20. The molecule has 0 aromatic heterocycles. The van der Waals surface area contributed by atoms with Crippen LogP contribution < -0.4 is 0 Å². The van der Waals surface area contributed by atoms with Gasteiger partial charge in [-0.05, 0) is 29.7 Å². The standard InChI is InChI=1S/C10H8N2O7S2/c11-12-9-8(21(17,18)19)4-5-3-6(20(14,15)16)1-2-7(5)10(9)13/h1-4,11,13H,(H,14,15,16)(H,17,18,19). The minimum atomic E-state index is -4.79. The highest BCUT2D eigenvalue weighted by Crippen LogP contribution is 2.40. The maximum Gasteiger partial charge on any atom is 0.296 e. The number of aromatic hydroxyl groups is 1. The van der Waals surface area contributed by atoms with Gasteiger partial charge in [0.25, 0.3) is 20.2 Å². The lowest BCUT2D eigenvalue weighted by Crippen LogP contribution is -2.00. The SMILES string of the molecule is N=Nc1c(S(=O)(=O)O)cc2cc(S(=O)(=O)O)ccc2c1O. The molecule has 11 heteroatoms. The molecule has 112 valence electrons. The van der Waals surface area contributed by atoms with Crippen molar-refractivity contribution in [1.82, 2.24) is 0 Å². The summed E-state index contributed by atoms with van der Waals surface area (Å²) in [5.74, 6) is -0.711. The fraction of sp³-hybridized carbons (Fsp3) is 0. The Hall–Kier alpha value is -2.08. The van der Waals surface area contributed by atoms with Crippen LogP contribution in [0.15, 0.2) is 39.2 Å². The highest BCUT2D eigenvalue weighted by molar-refractivity contribution is 7.86. The lowest BCUT2D eigenvalue weighted by atomic mass is 10.1. The first-order valence-corrected chi connectivity index (χ1v) is 8.06. The van der Waals surface area contributed by atoms with Gasteiger partial charge in [-0.15, -0.1) is 0 Å². The minimum absolute atomic E-state index is 0.000741. The highest BCUT2D eigenvalue weighted by Gasteiger charge is 2.22. The van der Waals surface area contributed by atoms with E-state index < -0.39 is 41.5 Å². The lowest BCUT2D eigenvalue weighted by molar-refractivity contribution is 0.471. The molecule has 0 unspecified atom stereocenters. The average molecular weight is 332 g/mol. The molecular formula is C10H8N2O7S2. The van der Waals surface area contributed by atoms with Gasteiger partial charge in [-0.3, -0.25) is 9.11 Å². The zero-order valence-corrected chi connectivity index (χ0v) is 11.7. The fourth-order valence-electron chi connectivity index (χ4n) is 1.79. The van der Waals surface area contributed by atoms with Crippen LogP contribution in [-0.2, 0) is 20.2 Å². The minimum Gasteiger partial charge on any atom is -0.505 e. The molecule has 0 fully saturated rings. The van der Waals surface area contributed by atoms with Crippen molar-refractivity contribution in [3.63, 3.8) is 0 Å². The molecule has 0 radical (unpaired) electrons. The molecule has 2 rings (SSSR count). The Morgan fingerprint density at radius 2 is 1.62 bits per heavy atom. The monoisotopic (exact) mass is 332 g/mol. The van der Waals surface area contributed by atoms with Gasteiger partial charge < -0.3 is 5.11 Å². The number of phenolic OH excluding ortho intramolecular Hbond substituents is 1. The first kappa shape index (κ1) is 15.3. The Labute approximate surface area is 118 Å². The summed E-state index contributed by atoms with van der Waals surface area (Å²) in [5, 5.41) is 12.7. The predicted molar refractivity (Wildman–Crippen MR) is 70.0 cm³/mol. The average Bonchev–Trinajstić information content (AvgIpc) is 2.35. The first-order chi connectivity index (χ1) is 9.55. The largest absolute Gasteiger partial charge is 0.505 e. The number of fused-ring (bicyclic) bond motifs is 1. The van der Waals surface area contributed by atoms with E-state index in [4.69, 9.17) is 14.6 Å². The number of benzene rings is 2. The van der Waals surface area contributed by atoms with Crippen LogP contribution in [0, 0.1) is 5.53 Å². The normalized spacial score (nSPS) is 12.5. The molecule has 0 atom stereocenters. The van der Waals surface area contributed by atoms with Crippen LogP contribution in [0.2, 0.25) is 0 Å². The molecule has 2 aromatic carbocycles. The van der Waals surface area contributed by atoms with Gasteiger partial charge in [-0.25, -0.2) is 5.53 Å². The van der Waals surface area contributed by atoms with Crippen LogP contribution in [0.5, 0.6) is 5.75 Å². The Balaban J connectivity index is 2.98. The van der Waals surface area contributed by atoms with Gasteiger partial charge in [0.2, 0.25) is 0 Å². The molecule has 4 N–H and O–H groups in total. The van der Waals surface area contributed by atoms with Crippen LogP contribution in [0.25, 0.3) is 10.8 Å². The molecule has 0 amide bonds. The van der Waals surface area contributed by atoms with E-state index in [1.54, 1.807) is 0 Å². The second-order valence-electron chi connectivity index (χ2n) is 4.02. The van der Waals surface area contributed by atoms with Crippen LogP contribution in [0.3, 0.4) is 0 Å². The van der Waals surface area contributed by atoms with Crippen molar-refractivity contribution in [2.24, 2.45) is 5.11 Å². The molecule has 0 aliphatic heterocycles. The van der Waals surface area contributed by atoms with E-state index in [9.17, 15) is 21.9 Å². The van der Waals surface area contributed by atoms with Gasteiger partial charge in [-0.2, -0.15) is 21.9 Å². The number of hydrogen-bond donors (Lipinski definition) is 4. The van der Waals surface area contributed by atoms with Gasteiger partial charge in [0.05, 0.1) is 4.90 Å². The number of phenols is 1. The van der Waals surface area contributed by atoms with Crippen LogP contribution in [0.1, 0.15) is 0 Å². The Morgan fingerprint density at radius 1 is 1.00 bits per heavy atom. The van der Waals surface area contributed by atoms with Gasteiger partial charge >= 0.3 is 0 Å². The molecule has 21 heavy (non-hydrogen) atoms. The van der Waals surface area contributed by atoms with Crippen molar-refractivity contribution in [3.8, 4) is 5.75 Å². The van der Waals surface area contributed by atoms with Crippen molar-refractivity contribution in [2.45, 2.75) is 9.79 Å². The summed E-state index contributed by atoms with van der Waals surface area (Å²) in [6, 6.07) is 3.84. The Morgan fingerprint density at radius 3 is 2.10 bits per heavy atom. The van der Waals surface area contributed by atoms with E-state index in [-0.39, 0.29) is 10.8 Å². The smallest absolute Gasteiger partial charge is 0.296 e. The van der Waals surface area contributed by atoms with E-state index in [1.165, 1.54) is 0 Å². The zero-order chi connectivity index (χ0) is 16.0. The van der Waals surface area contributed by atoms with Crippen molar-refractivity contribution in [3.05, 3.63) is 24.3 Å². The maximum atomic E-state index is 11.2. The summed E-state index contributed by atoms with van der Waals surface area (Å²) >= 11 is 0. The summed E-state index contributed by atoms with van der Waals surface area (Å²) < 4.78 is 62.5. The molecule has 9 nitrogen and oxygen atoms in total. The van der Waals surface area contributed by atoms with E-state index in [2.05, 4.69) is 5.11 Å². The molecule has 0 bridgehead atoms. The number of nitrogens with zero attached hydrogens (tertiary/aromatic N) is 1. The lowest BCUT2D eigenvalue weighted by Gasteiger charge is -2.09. The Kier molecular flexibility index (Phi) is 3.45. The van der Waals surface area contributed by atoms with Crippen molar-refractivity contribution < 1.29 is 31.0 Å². The third-order valence-electron chi connectivity index (χ3n) is 2.71. The molecule has 2 aromatic rings. The van der Waals surface area contributed by atoms with Crippen molar-refractivity contribution >= 4 is 36.7 Å². The van der Waals surface area contributed by atoms with E-state index >= 15 is 0 Å². The molecular weight excluding hydrogens is 324 g/mol. The number of hydrogen-bond acceptors (Lipinski definition) is 7. The molecule has 0 heterocycles. The number of nitrogens with one attached hydrogen (secondary N) is 1. The maximum absolute atomic E-state index is 11.2. The summed E-state index contributed by atoms with van der Waals surface area (Å²) in [7, 11) is -9.32. The van der Waals surface area contributed by atoms with Crippen molar-refractivity contribution in [1.29, 1.82) is 5.53 Å².